The minimum Gasteiger partial charge on any atom is -0.487 e. The van der Waals surface area contributed by atoms with E-state index in [1.807, 2.05) is 26.0 Å². The van der Waals surface area contributed by atoms with E-state index < -0.39 is 5.60 Å². The van der Waals surface area contributed by atoms with E-state index in [2.05, 4.69) is 39.8 Å². The van der Waals surface area contributed by atoms with E-state index in [1.54, 1.807) is 0 Å². The third kappa shape index (κ3) is 4.93. The van der Waals surface area contributed by atoms with Crippen LogP contribution in [0.5, 0.6) is 17.2 Å². The van der Waals surface area contributed by atoms with E-state index in [0.717, 1.165) is 59.4 Å². The van der Waals surface area contributed by atoms with Gasteiger partial charge in [0.05, 0.1) is 17.6 Å². The normalized spacial score (nSPS) is 22.1. The molecular formula is C30H38O5. The zero-order chi connectivity index (χ0) is 25.2. The summed E-state index contributed by atoms with van der Waals surface area (Å²) >= 11 is 0. The van der Waals surface area contributed by atoms with Gasteiger partial charge in [0.1, 0.15) is 34.6 Å². The quantitative estimate of drug-likeness (QED) is 0.558. The molecule has 3 aliphatic rings. The van der Waals surface area contributed by atoms with Crippen molar-refractivity contribution in [1.29, 1.82) is 0 Å². The average molecular weight is 479 g/mol. The summed E-state index contributed by atoms with van der Waals surface area (Å²) in [5, 5.41) is 10.4. The number of fused-ring (bicyclic) bond motifs is 4. The van der Waals surface area contributed by atoms with Gasteiger partial charge in [-0.25, -0.2) is 0 Å². The van der Waals surface area contributed by atoms with Gasteiger partial charge in [0.15, 0.2) is 5.78 Å². The van der Waals surface area contributed by atoms with Gasteiger partial charge in [-0.2, -0.15) is 0 Å². The lowest BCUT2D eigenvalue weighted by atomic mass is 9.86. The zero-order valence-electron chi connectivity index (χ0n) is 21.9. The lowest BCUT2D eigenvalue weighted by molar-refractivity contribution is 0.0683. The standard InChI is InChI=1S/C30H38O5/c1-28(2,32)12-9-18-15-20(16-19-10-13-30(5,6)35-26(18)19)25-17-23(31)21-7-8-24-22(27(21)33-25)11-14-29(3,4)34-24/h7-8,15-16,25,32H,9-14,17H2,1-6H3. The van der Waals surface area contributed by atoms with Crippen molar-refractivity contribution >= 4 is 5.78 Å². The molecule has 2 aromatic carbocycles. The van der Waals surface area contributed by atoms with Gasteiger partial charge in [0.25, 0.3) is 0 Å². The van der Waals surface area contributed by atoms with E-state index >= 15 is 0 Å². The fraction of sp³-hybridized carbons (Fsp3) is 0.567. The second-order valence-electron chi connectivity index (χ2n) is 12.4. The Morgan fingerprint density at radius 2 is 1.71 bits per heavy atom. The van der Waals surface area contributed by atoms with Crippen LogP contribution in [0.4, 0.5) is 0 Å². The Balaban J connectivity index is 1.52. The van der Waals surface area contributed by atoms with E-state index in [9.17, 15) is 9.90 Å². The van der Waals surface area contributed by atoms with Crippen LogP contribution in [-0.2, 0) is 19.3 Å². The highest BCUT2D eigenvalue weighted by Gasteiger charge is 2.36. The highest BCUT2D eigenvalue weighted by atomic mass is 16.5. The molecule has 0 saturated heterocycles. The predicted molar refractivity (Wildman–Crippen MR) is 136 cm³/mol. The van der Waals surface area contributed by atoms with Crippen LogP contribution in [0.1, 0.15) is 106 Å². The second-order valence-corrected chi connectivity index (χ2v) is 12.4. The zero-order valence-corrected chi connectivity index (χ0v) is 21.9. The summed E-state index contributed by atoms with van der Waals surface area (Å²) in [5.74, 6) is 2.55. The minimum absolute atomic E-state index is 0.108. The Labute approximate surface area is 208 Å². The first-order valence-corrected chi connectivity index (χ1v) is 12.9. The van der Waals surface area contributed by atoms with Crippen molar-refractivity contribution in [2.75, 3.05) is 0 Å². The molecule has 0 saturated carbocycles. The molecule has 3 aliphatic heterocycles. The number of hydrogen-bond donors (Lipinski definition) is 1. The smallest absolute Gasteiger partial charge is 0.170 e. The van der Waals surface area contributed by atoms with Gasteiger partial charge < -0.3 is 19.3 Å². The van der Waals surface area contributed by atoms with Gasteiger partial charge in [0, 0.05) is 5.56 Å². The largest absolute Gasteiger partial charge is 0.487 e. The molecule has 5 rings (SSSR count). The molecule has 1 atom stereocenters. The summed E-state index contributed by atoms with van der Waals surface area (Å²) in [6.45, 7) is 12.1. The Kier molecular flexibility index (Phi) is 5.71. The number of hydrogen-bond acceptors (Lipinski definition) is 5. The third-order valence-electron chi connectivity index (χ3n) is 7.53. The van der Waals surface area contributed by atoms with Crippen LogP contribution in [0.15, 0.2) is 24.3 Å². The van der Waals surface area contributed by atoms with Crippen molar-refractivity contribution in [2.24, 2.45) is 0 Å². The fourth-order valence-electron chi connectivity index (χ4n) is 5.39. The molecule has 0 radical (unpaired) electrons. The predicted octanol–water partition coefficient (Wildman–Crippen LogP) is 6.30. The third-order valence-corrected chi connectivity index (χ3v) is 7.53. The van der Waals surface area contributed by atoms with Gasteiger partial charge in [0.2, 0.25) is 0 Å². The molecule has 0 fully saturated rings. The monoisotopic (exact) mass is 478 g/mol. The Morgan fingerprint density at radius 1 is 1.00 bits per heavy atom. The molecule has 0 bridgehead atoms. The van der Waals surface area contributed by atoms with Gasteiger partial charge >= 0.3 is 0 Å². The maximum Gasteiger partial charge on any atom is 0.170 e. The molecule has 1 N–H and O–H groups in total. The molecule has 188 valence electrons. The van der Waals surface area contributed by atoms with Crippen molar-refractivity contribution in [3.8, 4) is 17.2 Å². The molecule has 5 heteroatoms. The number of aliphatic hydroxyl groups is 1. The number of carbonyl (C=O) groups excluding carboxylic acids is 1. The van der Waals surface area contributed by atoms with Crippen LogP contribution in [-0.4, -0.2) is 27.7 Å². The van der Waals surface area contributed by atoms with E-state index in [4.69, 9.17) is 14.2 Å². The molecular weight excluding hydrogens is 440 g/mol. The molecule has 3 heterocycles. The van der Waals surface area contributed by atoms with Crippen LogP contribution in [0.2, 0.25) is 0 Å². The van der Waals surface area contributed by atoms with Gasteiger partial charge in [-0.3, -0.25) is 4.79 Å². The number of Topliss-reactive ketones (excluding diaryl/α,β-unsaturated/α-hetero) is 1. The molecule has 35 heavy (non-hydrogen) atoms. The van der Waals surface area contributed by atoms with E-state index in [-0.39, 0.29) is 23.1 Å². The van der Waals surface area contributed by atoms with Gasteiger partial charge in [-0.1, -0.05) is 0 Å². The number of ether oxygens (including phenoxy) is 3. The Hall–Kier alpha value is -2.53. The molecule has 0 spiro atoms. The minimum atomic E-state index is -0.768. The van der Waals surface area contributed by atoms with E-state index in [0.29, 0.717) is 30.6 Å². The first-order valence-electron chi connectivity index (χ1n) is 12.9. The van der Waals surface area contributed by atoms with Crippen LogP contribution < -0.4 is 14.2 Å². The number of ketones is 1. The van der Waals surface area contributed by atoms with Crippen molar-refractivity contribution in [3.05, 3.63) is 52.1 Å². The summed E-state index contributed by atoms with van der Waals surface area (Å²) in [4.78, 5) is 13.2. The van der Waals surface area contributed by atoms with Crippen molar-refractivity contribution in [3.63, 3.8) is 0 Å². The first-order chi connectivity index (χ1) is 16.3. The van der Waals surface area contributed by atoms with Crippen LogP contribution >= 0.6 is 0 Å². The number of carbonyl (C=O) groups is 1. The van der Waals surface area contributed by atoms with Gasteiger partial charge in [-0.05, 0) is 121 Å². The Morgan fingerprint density at radius 3 is 2.46 bits per heavy atom. The van der Waals surface area contributed by atoms with Crippen molar-refractivity contribution < 1.29 is 24.1 Å². The molecule has 1 unspecified atom stereocenters. The molecule has 0 aromatic heterocycles. The summed E-state index contributed by atoms with van der Waals surface area (Å²) < 4.78 is 19.2. The lowest BCUT2D eigenvalue weighted by Crippen LogP contribution is -2.34. The van der Waals surface area contributed by atoms with E-state index in [1.165, 1.54) is 0 Å². The molecule has 5 nitrogen and oxygen atoms in total. The lowest BCUT2D eigenvalue weighted by Gasteiger charge is -2.37. The van der Waals surface area contributed by atoms with Gasteiger partial charge in [-0.15, -0.1) is 0 Å². The summed E-state index contributed by atoms with van der Waals surface area (Å²) in [6.07, 6.45) is 4.85. The maximum absolute atomic E-state index is 13.2. The molecule has 2 aromatic rings. The van der Waals surface area contributed by atoms with Crippen molar-refractivity contribution in [2.45, 2.75) is 109 Å². The Bertz CT molecular complexity index is 1170. The molecule has 0 aliphatic carbocycles. The summed E-state index contributed by atoms with van der Waals surface area (Å²) in [7, 11) is 0. The fourth-order valence-corrected chi connectivity index (χ4v) is 5.39. The first kappa shape index (κ1) is 24.2. The topological polar surface area (TPSA) is 65.0 Å². The highest BCUT2D eigenvalue weighted by Crippen LogP contribution is 2.46. The van der Waals surface area contributed by atoms with Crippen LogP contribution in [0.3, 0.4) is 0 Å². The van der Waals surface area contributed by atoms with Crippen molar-refractivity contribution in [1.82, 2.24) is 0 Å². The maximum atomic E-state index is 13.2. The highest BCUT2D eigenvalue weighted by molar-refractivity contribution is 6.00. The summed E-state index contributed by atoms with van der Waals surface area (Å²) in [5.41, 5.74) is 3.70. The van der Waals surface area contributed by atoms with Crippen LogP contribution in [0.25, 0.3) is 0 Å². The number of aryl methyl sites for hydroxylation is 2. The second kappa shape index (κ2) is 8.26. The average Bonchev–Trinajstić information content (AvgIpc) is 2.75. The summed E-state index contributed by atoms with van der Waals surface area (Å²) in [6, 6.07) is 8.06. The molecule has 0 amide bonds. The van der Waals surface area contributed by atoms with Crippen LogP contribution in [0, 0.1) is 0 Å². The number of benzene rings is 2. The SMILES string of the molecule is CC(C)(O)CCc1cc(C2CC(=O)c3ccc4c(c3O2)CCC(C)(C)O4)cc2c1OC(C)(C)CC2. The number of rotatable bonds is 4.